The van der Waals surface area contributed by atoms with Gasteiger partial charge in [0.25, 0.3) is 0 Å². The van der Waals surface area contributed by atoms with Crippen LogP contribution in [0.5, 0.6) is 5.75 Å². The van der Waals surface area contributed by atoms with E-state index in [2.05, 4.69) is 13.5 Å². The molecule has 0 fully saturated rings. The van der Waals surface area contributed by atoms with Gasteiger partial charge in [0.2, 0.25) is 0 Å². The highest BCUT2D eigenvalue weighted by Crippen LogP contribution is 2.27. The summed E-state index contributed by atoms with van der Waals surface area (Å²) in [5.74, 6) is 0.117. The number of fused-ring (bicyclic) bond motifs is 1. The summed E-state index contributed by atoms with van der Waals surface area (Å²) in [7, 11) is 0. The minimum absolute atomic E-state index is 0.209. The van der Waals surface area contributed by atoms with Crippen LogP contribution in [-0.4, -0.2) is 19.2 Å². The third-order valence-corrected chi connectivity index (χ3v) is 4.80. The monoisotopic (exact) mass is 406 g/mol. The van der Waals surface area contributed by atoms with Crippen molar-refractivity contribution in [1.29, 1.82) is 0 Å². The molecule has 3 rings (SSSR count). The van der Waals surface area contributed by atoms with Crippen LogP contribution in [0.15, 0.2) is 70.4 Å². The fourth-order valence-corrected chi connectivity index (χ4v) is 3.11. The molecule has 0 atom stereocenters. The lowest BCUT2D eigenvalue weighted by molar-refractivity contribution is -0.141. The number of hydrogen-bond donors (Lipinski definition) is 0. The number of rotatable bonds is 8. The van der Waals surface area contributed by atoms with Crippen molar-refractivity contribution in [1.82, 2.24) is 0 Å². The van der Waals surface area contributed by atoms with E-state index in [4.69, 9.17) is 13.9 Å². The molecule has 0 unspecified atom stereocenters. The minimum Gasteiger partial charge on any atom is -0.493 e. The Morgan fingerprint density at radius 1 is 1.10 bits per heavy atom. The van der Waals surface area contributed by atoms with Crippen molar-refractivity contribution in [2.45, 2.75) is 27.2 Å². The molecule has 5 nitrogen and oxygen atoms in total. The van der Waals surface area contributed by atoms with Crippen molar-refractivity contribution in [2.75, 3.05) is 13.2 Å². The summed E-state index contributed by atoms with van der Waals surface area (Å²) in [4.78, 5) is 23.9. The van der Waals surface area contributed by atoms with Gasteiger partial charge in [0.15, 0.2) is 0 Å². The number of hydrogen-bond acceptors (Lipinski definition) is 5. The Hall–Kier alpha value is -3.34. The van der Waals surface area contributed by atoms with Gasteiger partial charge >= 0.3 is 11.6 Å². The molecule has 5 heteroatoms. The second-order valence-corrected chi connectivity index (χ2v) is 7.92. The maximum absolute atomic E-state index is 12.6. The van der Waals surface area contributed by atoms with Crippen LogP contribution in [0.2, 0.25) is 0 Å². The molecule has 0 saturated heterocycles. The molecule has 3 aromatic rings. The third kappa shape index (κ3) is 4.98. The molecule has 0 aliphatic carbocycles. The SMILES string of the molecule is C=CC(=O)OCC(C)(C)COc1ccc2cc(-c3ccccc3CC)c(=O)oc2c1. The first-order valence-corrected chi connectivity index (χ1v) is 9.91. The van der Waals surface area contributed by atoms with E-state index in [1.54, 1.807) is 6.07 Å². The Morgan fingerprint density at radius 2 is 1.87 bits per heavy atom. The number of carbonyl (C=O) groups excluding carboxylic acids is 1. The van der Waals surface area contributed by atoms with Gasteiger partial charge in [-0.15, -0.1) is 0 Å². The lowest BCUT2D eigenvalue weighted by atomic mass is 9.96. The van der Waals surface area contributed by atoms with Crippen LogP contribution in [0, 0.1) is 5.41 Å². The number of ether oxygens (including phenoxy) is 2. The number of carbonyl (C=O) groups is 1. The van der Waals surface area contributed by atoms with E-state index in [1.165, 1.54) is 0 Å². The summed E-state index contributed by atoms with van der Waals surface area (Å²) in [5, 5.41) is 0.821. The first-order valence-electron chi connectivity index (χ1n) is 9.91. The molecule has 1 aromatic heterocycles. The summed E-state index contributed by atoms with van der Waals surface area (Å²) < 4.78 is 16.6. The molecule has 0 amide bonds. The zero-order chi connectivity index (χ0) is 21.7. The summed E-state index contributed by atoms with van der Waals surface area (Å²) in [6.07, 6.45) is 1.97. The van der Waals surface area contributed by atoms with Crippen LogP contribution in [0.3, 0.4) is 0 Å². The van der Waals surface area contributed by atoms with E-state index >= 15 is 0 Å². The molecule has 0 spiro atoms. The number of aryl methyl sites for hydroxylation is 1. The smallest absolute Gasteiger partial charge is 0.344 e. The molecule has 0 aliphatic rings. The van der Waals surface area contributed by atoms with Gasteiger partial charge in [0.05, 0.1) is 18.8 Å². The predicted molar refractivity (Wildman–Crippen MR) is 118 cm³/mol. The van der Waals surface area contributed by atoms with Crippen LogP contribution >= 0.6 is 0 Å². The van der Waals surface area contributed by atoms with Gasteiger partial charge in [-0.05, 0) is 35.7 Å². The third-order valence-electron chi connectivity index (χ3n) is 4.80. The first-order chi connectivity index (χ1) is 14.3. The lowest BCUT2D eigenvalue weighted by Gasteiger charge is -2.24. The topological polar surface area (TPSA) is 65.7 Å². The second-order valence-electron chi connectivity index (χ2n) is 7.92. The standard InChI is InChI=1S/C25H26O5/c1-5-17-9-7-8-10-20(17)21-13-18-11-12-19(14-22(18)30-24(21)27)28-15-25(3,4)16-29-23(26)6-2/h6-14H,2,5,15-16H2,1,3-4H3. The first kappa shape index (κ1) is 21.4. The van der Waals surface area contributed by atoms with Crippen LogP contribution in [0.1, 0.15) is 26.3 Å². The van der Waals surface area contributed by atoms with E-state index in [0.29, 0.717) is 23.5 Å². The average molecular weight is 406 g/mol. The van der Waals surface area contributed by atoms with E-state index < -0.39 is 5.97 Å². The van der Waals surface area contributed by atoms with Gasteiger partial charge < -0.3 is 13.9 Å². The average Bonchev–Trinajstić information content (AvgIpc) is 2.75. The number of esters is 1. The zero-order valence-electron chi connectivity index (χ0n) is 17.6. The van der Waals surface area contributed by atoms with Crippen molar-refractivity contribution >= 4 is 16.9 Å². The molecule has 156 valence electrons. The molecular weight excluding hydrogens is 380 g/mol. The fraction of sp³-hybridized carbons (Fsp3) is 0.280. The molecule has 2 aromatic carbocycles. The Morgan fingerprint density at radius 3 is 2.60 bits per heavy atom. The molecule has 0 radical (unpaired) electrons. The van der Waals surface area contributed by atoms with Gasteiger partial charge in [-0.25, -0.2) is 9.59 Å². The highest BCUT2D eigenvalue weighted by Gasteiger charge is 2.21. The molecular formula is C25H26O5. The summed E-state index contributed by atoms with van der Waals surface area (Å²) in [5.41, 5.74) is 2.25. The van der Waals surface area contributed by atoms with E-state index in [9.17, 15) is 9.59 Å². The molecule has 0 saturated carbocycles. The summed E-state index contributed by atoms with van der Waals surface area (Å²) >= 11 is 0. The van der Waals surface area contributed by atoms with Gasteiger partial charge in [0, 0.05) is 22.9 Å². The lowest BCUT2D eigenvalue weighted by Crippen LogP contribution is -2.28. The highest BCUT2D eigenvalue weighted by molar-refractivity contribution is 5.83. The Kier molecular flexibility index (Phi) is 6.40. The van der Waals surface area contributed by atoms with Crippen LogP contribution < -0.4 is 10.4 Å². The fourth-order valence-electron chi connectivity index (χ4n) is 3.11. The normalized spacial score (nSPS) is 11.3. The largest absolute Gasteiger partial charge is 0.493 e. The van der Waals surface area contributed by atoms with Crippen molar-refractivity contribution in [2.24, 2.45) is 5.41 Å². The minimum atomic E-state index is -0.462. The molecule has 0 bridgehead atoms. The molecule has 0 N–H and O–H groups in total. The maximum Gasteiger partial charge on any atom is 0.344 e. The van der Waals surface area contributed by atoms with E-state index in [-0.39, 0.29) is 17.6 Å². The Balaban J connectivity index is 1.81. The molecule has 0 aliphatic heterocycles. The van der Waals surface area contributed by atoms with Gasteiger partial charge in [0.1, 0.15) is 11.3 Å². The van der Waals surface area contributed by atoms with Crippen LogP contribution in [0.25, 0.3) is 22.1 Å². The van der Waals surface area contributed by atoms with Crippen LogP contribution in [-0.2, 0) is 16.0 Å². The van der Waals surface area contributed by atoms with Gasteiger partial charge in [-0.2, -0.15) is 0 Å². The van der Waals surface area contributed by atoms with E-state index in [0.717, 1.165) is 29.0 Å². The Bertz CT molecular complexity index is 1120. The summed E-state index contributed by atoms with van der Waals surface area (Å²) in [6, 6.07) is 15.1. The van der Waals surface area contributed by atoms with Crippen molar-refractivity contribution in [3.05, 3.63) is 77.2 Å². The van der Waals surface area contributed by atoms with Crippen molar-refractivity contribution < 1.29 is 18.7 Å². The van der Waals surface area contributed by atoms with Crippen molar-refractivity contribution in [3.63, 3.8) is 0 Å². The summed E-state index contributed by atoms with van der Waals surface area (Å²) in [6.45, 7) is 9.85. The zero-order valence-corrected chi connectivity index (χ0v) is 17.6. The predicted octanol–water partition coefficient (Wildman–Crippen LogP) is 5.16. The second kappa shape index (κ2) is 8.99. The van der Waals surface area contributed by atoms with E-state index in [1.807, 2.05) is 56.3 Å². The van der Waals surface area contributed by atoms with Crippen molar-refractivity contribution in [3.8, 4) is 16.9 Å². The Labute approximate surface area is 175 Å². The van der Waals surface area contributed by atoms with Crippen LogP contribution in [0.4, 0.5) is 0 Å². The maximum atomic E-state index is 12.6. The van der Waals surface area contributed by atoms with Gasteiger partial charge in [-0.1, -0.05) is 51.6 Å². The molecule has 30 heavy (non-hydrogen) atoms. The van der Waals surface area contributed by atoms with Gasteiger partial charge in [-0.3, -0.25) is 0 Å². The number of benzene rings is 2. The highest BCUT2D eigenvalue weighted by atomic mass is 16.5. The molecule has 1 heterocycles. The quantitative estimate of drug-likeness (QED) is 0.294.